The second-order valence-corrected chi connectivity index (χ2v) is 3.08. The number of oxazole rings is 1. The number of carbonyl (C=O) groups excluding carboxylic acids is 2. The molecule has 0 amide bonds. The van der Waals surface area contributed by atoms with Crippen LogP contribution in [0.2, 0.25) is 0 Å². The summed E-state index contributed by atoms with van der Waals surface area (Å²) in [6.07, 6.45) is 1.28. The smallest absolute Gasteiger partial charge is 0.379 e. The number of carbonyl (C=O) groups is 2. The minimum atomic E-state index is -0.856. The Balaban J connectivity index is 2.32. The van der Waals surface area contributed by atoms with Crippen LogP contribution in [0.4, 0.5) is 0 Å². The molecule has 0 atom stereocenters. The first-order chi connectivity index (χ1) is 7.72. The molecule has 0 saturated carbocycles. The fourth-order valence-electron chi connectivity index (χ4n) is 1.31. The summed E-state index contributed by atoms with van der Waals surface area (Å²) in [5, 5.41) is 0. The zero-order chi connectivity index (χ0) is 11.5. The van der Waals surface area contributed by atoms with Gasteiger partial charge in [0.25, 0.3) is 5.78 Å². The maximum Gasteiger partial charge on any atom is 0.379 e. The van der Waals surface area contributed by atoms with E-state index in [-0.39, 0.29) is 12.2 Å². The van der Waals surface area contributed by atoms with Gasteiger partial charge in [-0.05, 0) is 25.1 Å². The molecule has 0 bridgehead atoms. The number of nitrogens with zero attached hydrogens (tertiary/aromatic N) is 1. The summed E-state index contributed by atoms with van der Waals surface area (Å²) >= 11 is 0. The van der Waals surface area contributed by atoms with Crippen LogP contribution in [-0.2, 0) is 9.53 Å². The van der Waals surface area contributed by atoms with Gasteiger partial charge in [0.05, 0.1) is 6.61 Å². The van der Waals surface area contributed by atoms with Crippen molar-refractivity contribution in [2.24, 2.45) is 0 Å². The van der Waals surface area contributed by atoms with Crippen LogP contribution in [0.1, 0.15) is 17.3 Å². The summed E-state index contributed by atoms with van der Waals surface area (Å²) < 4.78 is 9.64. The number of hydrogen-bond donors (Lipinski definition) is 0. The molecule has 5 heteroatoms. The van der Waals surface area contributed by atoms with Crippen molar-refractivity contribution in [1.29, 1.82) is 0 Å². The Kier molecular flexibility index (Phi) is 2.68. The van der Waals surface area contributed by atoms with Crippen LogP contribution in [0.5, 0.6) is 0 Å². The minimum absolute atomic E-state index is 0.177. The Morgan fingerprint density at radius 3 is 3.00 bits per heavy atom. The van der Waals surface area contributed by atoms with Crippen molar-refractivity contribution >= 4 is 22.9 Å². The molecule has 1 aromatic carbocycles. The lowest BCUT2D eigenvalue weighted by Gasteiger charge is -2.00. The van der Waals surface area contributed by atoms with Crippen molar-refractivity contribution in [1.82, 2.24) is 4.98 Å². The monoisotopic (exact) mass is 219 g/mol. The zero-order valence-electron chi connectivity index (χ0n) is 8.60. The Bertz CT molecular complexity index is 544. The molecule has 0 aliphatic carbocycles. The maximum absolute atomic E-state index is 11.6. The van der Waals surface area contributed by atoms with Gasteiger partial charge >= 0.3 is 5.97 Å². The van der Waals surface area contributed by atoms with Crippen molar-refractivity contribution in [3.8, 4) is 0 Å². The van der Waals surface area contributed by atoms with Crippen LogP contribution in [0.3, 0.4) is 0 Å². The SMILES string of the molecule is CCOC(=O)C(=O)c1ccc2ocnc2c1. The third-order valence-corrected chi connectivity index (χ3v) is 2.05. The molecule has 0 unspecified atom stereocenters. The molecular weight excluding hydrogens is 210 g/mol. The summed E-state index contributed by atoms with van der Waals surface area (Å²) in [7, 11) is 0. The third-order valence-electron chi connectivity index (χ3n) is 2.05. The van der Waals surface area contributed by atoms with E-state index in [2.05, 4.69) is 9.72 Å². The molecular formula is C11H9NO4. The van der Waals surface area contributed by atoms with E-state index in [0.717, 1.165) is 0 Å². The summed E-state index contributed by atoms with van der Waals surface area (Å²) in [5.74, 6) is -1.53. The van der Waals surface area contributed by atoms with Gasteiger partial charge in [-0.15, -0.1) is 0 Å². The van der Waals surface area contributed by atoms with Gasteiger partial charge < -0.3 is 9.15 Å². The van der Waals surface area contributed by atoms with E-state index in [9.17, 15) is 9.59 Å². The Labute approximate surface area is 91.0 Å². The van der Waals surface area contributed by atoms with Crippen LogP contribution in [0.15, 0.2) is 29.0 Å². The first-order valence-electron chi connectivity index (χ1n) is 4.77. The quantitative estimate of drug-likeness (QED) is 0.445. The molecule has 2 rings (SSSR count). The molecule has 0 aliphatic heterocycles. The number of rotatable bonds is 3. The molecule has 1 heterocycles. The van der Waals surface area contributed by atoms with Gasteiger partial charge in [-0.25, -0.2) is 9.78 Å². The predicted octanol–water partition coefficient (Wildman–Crippen LogP) is 1.57. The Morgan fingerprint density at radius 1 is 1.44 bits per heavy atom. The van der Waals surface area contributed by atoms with Gasteiger partial charge in [-0.1, -0.05) is 0 Å². The zero-order valence-corrected chi connectivity index (χ0v) is 8.60. The van der Waals surface area contributed by atoms with E-state index in [4.69, 9.17) is 4.42 Å². The molecule has 0 fully saturated rings. The van der Waals surface area contributed by atoms with Crippen molar-refractivity contribution in [2.75, 3.05) is 6.61 Å². The highest BCUT2D eigenvalue weighted by atomic mass is 16.5. The van der Waals surface area contributed by atoms with E-state index < -0.39 is 11.8 Å². The standard InChI is InChI=1S/C11H9NO4/c1-2-15-11(14)10(13)7-3-4-9-8(5-7)12-6-16-9/h3-6H,2H2,1H3. The predicted molar refractivity (Wildman–Crippen MR) is 55.0 cm³/mol. The lowest BCUT2D eigenvalue weighted by atomic mass is 10.1. The number of ether oxygens (including phenoxy) is 1. The second-order valence-electron chi connectivity index (χ2n) is 3.08. The van der Waals surface area contributed by atoms with E-state index in [1.807, 2.05) is 0 Å². The first kappa shape index (κ1) is 10.4. The van der Waals surface area contributed by atoms with Gasteiger partial charge in [0.2, 0.25) is 0 Å². The lowest BCUT2D eigenvalue weighted by molar-refractivity contribution is -0.137. The topological polar surface area (TPSA) is 69.4 Å². The fraction of sp³-hybridized carbons (Fsp3) is 0.182. The highest BCUT2D eigenvalue weighted by Gasteiger charge is 2.18. The van der Waals surface area contributed by atoms with E-state index in [0.29, 0.717) is 11.1 Å². The number of aromatic nitrogens is 1. The first-order valence-corrected chi connectivity index (χ1v) is 4.77. The van der Waals surface area contributed by atoms with Crippen LogP contribution in [0.25, 0.3) is 11.1 Å². The highest BCUT2D eigenvalue weighted by Crippen LogP contribution is 2.14. The molecule has 82 valence electrons. The van der Waals surface area contributed by atoms with Gasteiger partial charge in [0.15, 0.2) is 12.0 Å². The number of ketones is 1. The Hall–Kier alpha value is -2.17. The van der Waals surface area contributed by atoms with Gasteiger partial charge in [0.1, 0.15) is 5.52 Å². The van der Waals surface area contributed by atoms with Crippen molar-refractivity contribution < 1.29 is 18.7 Å². The molecule has 2 aromatic rings. The molecule has 0 spiro atoms. The molecule has 0 N–H and O–H groups in total. The highest BCUT2D eigenvalue weighted by molar-refractivity contribution is 6.40. The molecule has 0 saturated heterocycles. The van der Waals surface area contributed by atoms with E-state index >= 15 is 0 Å². The number of hydrogen-bond acceptors (Lipinski definition) is 5. The molecule has 0 aliphatic rings. The van der Waals surface area contributed by atoms with Crippen LogP contribution >= 0.6 is 0 Å². The van der Waals surface area contributed by atoms with Gasteiger partial charge in [-0.3, -0.25) is 4.79 Å². The number of Topliss-reactive ketones (excluding diaryl/α,β-unsaturated/α-hetero) is 1. The molecule has 1 aromatic heterocycles. The summed E-state index contributed by atoms with van der Waals surface area (Å²) in [6, 6.07) is 4.60. The van der Waals surface area contributed by atoms with Gasteiger partial charge in [0, 0.05) is 5.56 Å². The maximum atomic E-state index is 11.6. The van der Waals surface area contributed by atoms with Gasteiger partial charge in [-0.2, -0.15) is 0 Å². The van der Waals surface area contributed by atoms with Crippen molar-refractivity contribution in [3.63, 3.8) is 0 Å². The number of fused-ring (bicyclic) bond motifs is 1. The Morgan fingerprint density at radius 2 is 2.25 bits per heavy atom. The number of esters is 1. The molecule has 5 nitrogen and oxygen atoms in total. The van der Waals surface area contributed by atoms with Crippen LogP contribution in [-0.4, -0.2) is 23.3 Å². The lowest BCUT2D eigenvalue weighted by Crippen LogP contribution is -2.17. The van der Waals surface area contributed by atoms with Crippen molar-refractivity contribution in [2.45, 2.75) is 6.92 Å². The van der Waals surface area contributed by atoms with E-state index in [1.165, 1.54) is 18.5 Å². The van der Waals surface area contributed by atoms with Crippen molar-refractivity contribution in [3.05, 3.63) is 30.2 Å². The third kappa shape index (κ3) is 1.79. The van der Waals surface area contributed by atoms with Crippen LogP contribution < -0.4 is 0 Å². The molecule has 16 heavy (non-hydrogen) atoms. The summed E-state index contributed by atoms with van der Waals surface area (Å²) in [4.78, 5) is 26.7. The minimum Gasteiger partial charge on any atom is -0.460 e. The summed E-state index contributed by atoms with van der Waals surface area (Å²) in [5.41, 5.74) is 1.36. The molecule has 0 radical (unpaired) electrons. The average molecular weight is 219 g/mol. The average Bonchev–Trinajstić information content (AvgIpc) is 2.75. The fourth-order valence-corrected chi connectivity index (χ4v) is 1.31. The van der Waals surface area contributed by atoms with E-state index in [1.54, 1.807) is 13.0 Å². The second kappa shape index (κ2) is 4.14. The normalized spacial score (nSPS) is 10.3. The van der Waals surface area contributed by atoms with Crippen LogP contribution in [0, 0.1) is 0 Å². The summed E-state index contributed by atoms with van der Waals surface area (Å²) in [6.45, 7) is 1.82. The number of benzene rings is 1. The largest absolute Gasteiger partial charge is 0.460 e.